The molecule has 0 aliphatic heterocycles. The molecule has 158 valence electrons. The van der Waals surface area contributed by atoms with Crippen molar-refractivity contribution in [1.29, 1.82) is 0 Å². The molecule has 4 rings (SSSR count). The number of ether oxygens (including phenoxy) is 1. The van der Waals surface area contributed by atoms with Crippen molar-refractivity contribution >= 4 is 15.7 Å². The Morgan fingerprint density at radius 2 is 1.71 bits per heavy atom. The van der Waals surface area contributed by atoms with Gasteiger partial charge in [0.1, 0.15) is 12.1 Å². The van der Waals surface area contributed by atoms with Gasteiger partial charge in [0, 0.05) is 17.4 Å². The lowest BCUT2D eigenvalue weighted by Gasteiger charge is -2.10. The second-order valence-electron chi connectivity index (χ2n) is 7.10. The molecule has 9 heteroatoms. The van der Waals surface area contributed by atoms with E-state index in [1.165, 1.54) is 6.33 Å². The lowest BCUT2D eigenvalue weighted by Crippen LogP contribution is -2.12. The van der Waals surface area contributed by atoms with Gasteiger partial charge < -0.3 is 4.74 Å². The molecule has 0 spiro atoms. The van der Waals surface area contributed by atoms with Gasteiger partial charge in [-0.05, 0) is 68.8 Å². The van der Waals surface area contributed by atoms with Crippen molar-refractivity contribution in [3.05, 3.63) is 83.9 Å². The Bertz CT molecular complexity index is 1330. The number of nitrogens with zero attached hydrogens (tertiary/aromatic N) is 4. The molecular weight excluding hydrogens is 414 g/mol. The number of benzene rings is 2. The van der Waals surface area contributed by atoms with Gasteiger partial charge in [0.15, 0.2) is 5.82 Å². The van der Waals surface area contributed by atoms with Gasteiger partial charge in [-0.15, -0.1) is 0 Å². The van der Waals surface area contributed by atoms with Crippen molar-refractivity contribution in [2.24, 2.45) is 0 Å². The molecule has 0 saturated carbocycles. The standard InChI is InChI=1S/C22H21N5O3S/c1-15-5-4-6-20(11-15)31(28,29)26-18-7-9-19(10-8-18)30-22-13-21(23-14-24-22)27-17(3)12-16(2)25-27/h4-14,26H,1-3H3. The van der Waals surface area contributed by atoms with E-state index >= 15 is 0 Å². The van der Waals surface area contributed by atoms with E-state index in [1.807, 2.05) is 32.9 Å². The van der Waals surface area contributed by atoms with E-state index in [0.29, 0.717) is 23.1 Å². The van der Waals surface area contributed by atoms with Gasteiger partial charge in [0.2, 0.25) is 5.88 Å². The summed E-state index contributed by atoms with van der Waals surface area (Å²) in [5, 5.41) is 4.41. The maximum absolute atomic E-state index is 12.6. The van der Waals surface area contributed by atoms with Crippen LogP contribution in [0.5, 0.6) is 11.6 Å². The molecule has 1 N–H and O–H groups in total. The fourth-order valence-corrected chi connectivity index (χ4v) is 4.23. The summed E-state index contributed by atoms with van der Waals surface area (Å²) in [4.78, 5) is 8.60. The summed E-state index contributed by atoms with van der Waals surface area (Å²) < 4.78 is 35.2. The van der Waals surface area contributed by atoms with E-state index in [-0.39, 0.29) is 4.90 Å². The van der Waals surface area contributed by atoms with Crippen LogP contribution in [-0.2, 0) is 10.0 Å². The average Bonchev–Trinajstić information content (AvgIpc) is 3.07. The first-order valence-corrected chi connectivity index (χ1v) is 11.0. The highest BCUT2D eigenvalue weighted by atomic mass is 32.2. The molecule has 0 saturated heterocycles. The molecule has 0 atom stereocenters. The van der Waals surface area contributed by atoms with Crippen LogP contribution in [0.3, 0.4) is 0 Å². The SMILES string of the molecule is Cc1cccc(S(=O)(=O)Nc2ccc(Oc3cc(-n4nc(C)cc4C)ncn3)cc2)c1. The number of sulfonamides is 1. The van der Waals surface area contributed by atoms with E-state index in [2.05, 4.69) is 19.8 Å². The third-order valence-electron chi connectivity index (χ3n) is 4.48. The smallest absolute Gasteiger partial charge is 0.261 e. The van der Waals surface area contributed by atoms with E-state index in [9.17, 15) is 8.42 Å². The Hall–Kier alpha value is -3.72. The molecule has 0 bridgehead atoms. The largest absolute Gasteiger partial charge is 0.439 e. The number of anilines is 1. The summed E-state index contributed by atoms with van der Waals surface area (Å²) in [6, 6.07) is 17.0. The summed E-state index contributed by atoms with van der Waals surface area (Å²) in [6.45, 7) is 5.70. The first-order valence-electron chi connectivity index (χ1n) is 9.53. The van der Waals surface area contributed by atoms with Crippen LogP contribution >= 0.6 is 0 Å². The van der Waals surface area contributed by atoms with Crippen LogP contribution in [0.25, 0.3) is 5.82 Å². The molecule has 2 heterocycles. The summed E-state index contributed by atoms with van der Waals surface area (Å²) in [5.41, 5.74) is 3.14. The molecule has 0 aliphatic rings. The molecule has 8 nitrogen and oxygen atoms in total. The zero-order valence-corrected chi connectivity index (χ0v) is 18.1. The third-order valence-corrected chi connectivity index (χ3v) is 5.86. The predicted molar refractivity (Wildman–Crippen MR) is 117 cm³/mol. The van der Waals surface area contributed by atoms with Gasteiger partial charge >= 0.3 is 0 Å². The lowest BCUT2D eigenvalue weighted by molar-refractivity contribution is 0.460. The Kier molecular flexibility index (Phi) is 5.43. The number of aryl methyl sites for hydroxylation is 3. The van der Waals surface area contributed by atoms with Crippen LogP contribution in [-0.4, -0.2) is 28.2 Å². The molecule has 31 heavy (non-hydrogen) atoms. The maximum Gasteiger partial charge on any atom is 0.261 e. The second kappa shape index (κ2) is 8.19. The molecule has 4 aromatic rings. The predicted octanol–water partition coefficient (Wildman–Crippen LogP) is 4.18. The van der Waals surface area contributed by atoms with Crippen molar-refractivity contribution in [2.45, 2.75) is 25.7 Å². The Balaban J connectivity index is 1.49. The number of rotatable bonds is 6. The van der Waals surface area contributed by atoms with Crippen molar-refractivity contribution < 1.29 is 13.2 Å². The van der Waals surface area contributed by atoms with Crippen molar-refractivity contribution in [1.82, 2.24) is 19.7 Å². The summed E-state index contributed by atoms with van der Waals surface area (Å²) in [5.74, 6) is 1.46. The molecule has 2 aromatic heterocycles. The second-order valence-corrected chi connectivity index (χ2v) is 8.78. The minimum absolute atomic E-state index is 0.213. The van der Waals surface area contributed by atoms with Crippen LogP contribution in [0, 0.1) is 20.8 Å². The molecule has 0 fully saturated rings. The number of hydrogen-bond donors (Lipinski definition) is 1. The van der Waals surface area contributed by atoms with Gasteiger partial charge in [-0.1, -0.05) is 12.1 Å². The van der Waals surface area contributed by atoms with E-state index < -0.39 is 10.0 Å². The summed E-state index contributed by atoms with van der Waals surface area (Å²) >= 11 is 0. The van der Waals surface area contributed by atoms with Crippen LogP contribution in [0.2, 0.25) is 0 Å². The Morgan fingerprint density at radius 3 is 2.39 bits per heavy atom. The van der Waals surface area contributed by atoms with Crippen LogP contribution < -0.4 is 9.46 Å². The maximum atomic E-state index is 12.6. The quantitative estimate of drug-likeness (QED) is 0.488. The highest BCUT2D eigenvalue weighted by Crippen LogP contribution is 2.24. The molecule has 0 aliphatic carbocycles. The van der Waals surface area contributed by atoms with E-state index in [0.717, 1.165) is 17.0 Å². The molecule has 0 radical (unpaired) electrons. The summed E-state index contributed by atoms with van der Waals surface area (Å²) in [7, 11) is -3.67. The van der Waals surface area contributed by atoms with Gasteiger partial charge in [-0.3, -0.25) is 4.72 Å². The van der Waals surface area contributed by atoms with Crippen molar-refractivity contribution in [3.8, 4) is 17.4 Å². The van der Waals surface area contributed by atoms with E-state index in [1.54, 1.807) is 53.2 Å². The van der Waals surface area contributed by atoms with Gasteiger partial charge in [0.05, 0.1) is 10.6 Å². The number of hydrogen-bond acceptors (Lipinski definition) is 6. The molecule has 0 amide bonds. The minimum Gasteiger partial charge on any atom is -0.439 e. The highest BCUT2D eigenvalue weighted by molar-refractivity contribution is 7.92. The third kappa shape index (κ3) is 4.72. The molecular formula is C22H21N5O3S. The van der Waals surface area contributed by atoms with Gasteiger partial charge in [-0.2, -0.15) is 5.10 Å². The number of aromatic nitrogens is 4. The minimum atomic E-state index is -3.67. The zero-order chi connectivity index (χ0) is 22.0. The average molecular weight is 436 g/mol. The fraction of sp³-hybridized carbons (Fsp3) is 0.136. The van der Waals surface area contributed by atoms with Crippen LogP contribution in [0.4, 0.5) is 5.69 Å². The van der Waals surface area contributed by atoms with Crippen LogP contribution in [0.15, 0.2) is 71.9 Å². The molecule has 0 unspecified atom stereocenters. The van der Waals surface area contributed by atoms with Crippen LogP contribution in [0.1, 0.15) is 17.0 Å². The lowest BCUT2D eigenvalue weighted by atomic mass is 10.2. The van der Waals surface area contributed by atoms with Gasteiger partial charge in [-0.25, -0.2) is 23.1 Å². The Labute approximate surface area is 180 Å². The first kappa shape index (κ1) is 20.5. The first-order chi connectivity index (χ1) is 14.8. The van der Waals surface area contributed by atoms with Crippen molar-refractivity contribution in [2.75, 3.05) is 4.72 Å². The van der Waals surface area contributed by atoms with Crippen molar-refractivity contribution in [3.63, 3.8) is 0 Å². The highest BCUT2D eigenvalue weighted by Gasteiger charge is 2.14. The Morgan fingerprint density at radius 1 is 0.935 bits per heavy atom. The fourth-order valence-electron chi connectivity index (χ4n) is 3.07. The van der Waals surface area contributed by atoms with E-state index in [4.69, 9.17) is 4.74 Å². The topological polar surface area (TPSA) is 99.0 Å². The molecule has 2 aromatic carbocycles. The monoisotopic (exact) mass is 435 g/mol. The summed E-state index contributed by atoms with van der Waals surface area (Å²) in [6.07, 6.45) is 1.41. The normalized spacial score (nSPS) is 11.3. The van der Waals surface area contributed by atoms with Gasteiger partial charge in [0.25, 0.3) is 10.0 Å². The zero-order valence-electron chi connectivity index (χ0n) is 17.3. The number of nitrogens with one attached hydrogen (secondary N) is 1.